The maximum atomic E-state index is 11.6. The summed E-state index contributed by atoms with van der Waals surface area (Å²) in [6.07, 6.45) is 1.20. The molecule has 2 aromatic carbocycles. The van der Waals surface area contributed by atoms with Gasteiger partial charge in [-0.1, -0.05) is 12.1 Å². The van der Waals surface area contributed by atoms with Crippen molar-refractivity contribution >= 4 is 15.8 Å². The van der Waals surface area contributed by atoms with E-state index in [1.165, 1.54) is 6.26 Å². The van der Waals surface area contributed by atoms with Crippen molar-refractivity contribution in [3.8, 4) is 11.5 Å². The zero-order chi connectivity index (χ0) is 20.7. The molecular weight excluding hydrogens is 378 g/mol. The van der Waals surface area contributed by atoms with E-state index in [-0.39, 0.29) is 0 Å². The third-order valence-electron chi connectivity index (χ3n) is 4.28. The lowest BCUT2D eigenvalue weighted by Gasteiger charge is -2.23. The normalized spacial score (nSPS) is 11.8. The third kappa shape index (κ3) is 5.63. The predicted octanol–water partition coefficient (Wildman–Crippen LogP) is 2.31. The van der Waals surface area contributed by atoms with Gasteiger partial charge in [-0.05, 0) is 29.8 Å². The molecule has 2 aromatic rings. The summed E-state index contributed by atoms with van der Waals surface area (Å²) in [5, 5.41) is 3.28. The molecule has 28 heavy (non-hydrogen) atoms. The summed E-state index contributed by atoms with van der Waals surface area (Å²) in [6, 6.07) is 12.5. The van der Waals surface area contributed by atoms with Crippen LogP contribution in [0.2, 0.25) is 0 Å². The van der Waals surface area contributed by atoms with Crippen molar-refractivity contribution in [2.45, 2.75) is 18.0 Å². The largest absolute Gasteiger partial charge is 0.497 e. The van der Waals surface area contributed by atoms with Crippen molar-refractivity contribution in [1.82, 2.24) is 10.2 Å². The Balaban J connectivity index is 2.03. The molecule has 0 saturated carbocycles. The summed E-state index contributed by atoms with van der Waals surface area (Å²) >= 11 is 0. The van der Waals surface area contributed by atoms with Gasteiger partial charge >= 0.3 is 0 Å². The number of guanidine groups is 1. The van der Waals surface area contributed by atoms with Gasteiger partial charge in [0.2, 0.25) is 0 Å². The van der Waals surface area contributed by atoms with Crippen LogP contribution in [0.1, 0.15) is 11.1 Å². The van der Waals surface area contributed by atoms with Crippen molar-refractivity contribution in [2.75, 3.05) is 34.6 Å². The maximum Gasteiger partial charge on any atom is 0.193 e. The van der Waals surface area contributed by atoms with E-state index < -0.39 is 9.84 Å². The summed E-state index contributed by atoms with van der Waals surface area (Å²) < 4.78 is 33.8. The molecule has 152 valence electrons. The summed E-state index contributed by atoms with van der Waals surface area (Å²) in [7, 11) is 3.72. The van der Waals surface area contributed by atoms with Crippen LogP contribution < -0.4 is 14.8 Å². The second kappa shape index (κ2) is 9.45. The quantitative estimate of drug-likeness (QED) is 0.562. The number of methoxy groups -OCH3 is 2. The van der Waals surface area contributed by atoms with E-state index in [0.29, 0.717) is 23.9 Å². The topological polar surface area (TPSA) is 80.2 Å². The highest BCUT2D eigenvalue weighted by Crippen LogP contribution is 2.25. The fraction of sp³-hybridized carbons (Fsp3) is 0.350. The van der Waals surface area contributed by atoms with Crippen LogP contribution in [-0.4, -0.2) is 53.8 Å². The molecule has 0 saturated heterocycles. The van der Waals surface area contributed by atoms with Crippen LogP contribution >= 0.6 is 0 Å². The summed E-state index contributed by atoms with van der Waals surface area (Å²) in [5.41, 5.74) is 1.97. The number of rotatable bonds is 7. The zero-order valence-corrected chi connectivity index (χ0v) is 17.7. The Bertz CT molecular complexity index is 925. The smallest absolute Gasteiger partial charge is 0.193 e. The molecule has 1 N–H and O–H groups in total. The second-order valence-corrected chi connectivity index (χ2v) is 8.37. The standard InChI is InChI=1S/C20H27N3O4S/c1-21-20(22-13-15-6-10-18(11-7-15)28(5,24)25)23(2)14-16-8-9-17(26-3)12-19(16)27-4/h6-12H,13-14H2,1-5H3,(H,21,22). The Morgan fingerprint density at radius 1 is 1.11 bits per heavy atom. The zero-order valence-electron chi connectivity index (χ0n) is 16.9. The van der Waals surface area contributed by atoms with E-state index in [4.69, 9.17) is 9.47 Å². The Labute approximate surface area is 166 Å². The number of sulfone groups is 1. The van der Waals surface area contributed by atoms with Gasteiger partial charge < -0.3 is 19.7 Å². The highest BCUT2D eigenvalue weighted by Gasteiger charge is 2.12. The van der Waals surface area contributed by atoms with Gasteiger partial charge in [-0.3, -0.25) is 4.99 Å². The first kappa shape index (κ1) is 21.6. The molecule has 0 aliphatic rings. The van der Waals surface area contributed by atoms with Crippen molar-refractivity contribution in [3.05, 3.63) is 53.6 Å². The first-order valence-corrected chi connectivity index (χ1v) is 10.6. The molecule has 0 aliphatic carbocycles. The number of hydrogen-bond acceptors (Lipinski definition) is 5. The van der Waals surface area contributed by atoms with E-state index >= 15 is 0 Å². The van der Waals surface area contributed by atoms with Gasteiger partial charge in [-0.15, -0.1) is 0 Å². The van der Waals surface area contributed by atoms with Gasteiger partial charge in [0, 0.05) is 45.1 Å². The second-order valence-electron chi connectivity index (χ2n) is 6.35. The molecule has 0 aliphatic heterocycles. The lowest BCUT2D eigenvalue weighted by Crippen LogP contribution is -2.38. The first-order chi connectivity index (χ1) is 13.3. The number of hydrogen-bond donors (Lipinski definition) is 1. The van der Waals surface area contributed by atoms with Crippen molar-refractivity contribution in [3.63, 3.8) is 0 Å². The molecule has 7 nitrogen and oxygen atoms in total. The average Bonchev–Trinajstić information content (AvgIpc) is 2.68. The van der Waals surface area contributed by atoms with Gasteiger partial charge in [0.1, 0.15) is 11.5 Å². The van der Waals surface area contributed by atoms with Crippen LogP contribution in [-0.2, 0) is 22.9 Å². The molecule has 2 rings (SSSR count). The van der Waals surface area contributed by atoms with E-state index in [0.717, 1.165) is 22.6 Å². The molecule has 8 heteroatoms. The molecule has 0 unspecified atom stereocenters. The summed E-state index contributed by atoms with van der Waals surface area (Å²) in [5.74, 6) is 2.20. The Morgan fingerprint density at radius 2 is 1.79 bits per heavy atom. The minimum Gasteiger partial charge on any atom is -0.497 e. The lowest BCUT2D eigenvalue weighted by molar-refractivity contribution is 0.382. The Hall–Kier alpha value is -2.74. The van der Waals surface area contributed by atoms with Crippen LogP contribution in [0.3, 0.4) is 0 Å². The van der Waals surface area contributed by atoms with Crippen LogP contribution in [0.25, 0.3) is 0 Å². The molecule has 0 bridgehead atoms. The van der Waals surface area contributed by atoms with Gasteiger partial charge in [0.25, 0.3) is 0 Å². The number of benzene rings is 2. The third-order valence-corrected chi connectivity index (χ3v) is 5.41. The molecule has 0 radical (unpaired) electrons. The van der Waals surface area contributed by atoms with E-state index in [2.05, 4.69) is 10.3 Å². The molecule has 0 spiro atoms. The van der Waals surface area contributed by atoms with Crippen LogP contribution in [0.5, 0.6) is 11.5 Å². The molecule has 0 fully saturated rings. The number of nitrogens with zero attached hydrogens (tertiary/aromatic N) is 2. The van der Waals surface area contributed by atoms with Crippen LogP contribution in [0, 0.1) is 0 Å². The lowest BCUT2D eigenvalue weighted by atomic mass is 10.2. The molecule has 0 aromatic heterocycles. The highest BCUT2D eigenvalue weighted by molar-refractivity contribution is 7.90. The van der Waals surface area contributed by atoms with Crippen molar-refractivity contribution in [1.29, 1.82) is 0 Å². The summed E-state index contributed by atoms with van der Waals surface area (Å²) in [4.78, 5) is 6.61. The van der Waals surface area contributed by atoms with Gasteiger partial charge in [-0.2, -0.15) is 0 Å². The van der Waals surface area contributed by atoms with Crippen LogP contribution in [0.15, 0.2) is 52.4 Å². The number of ether oxygens (including phenoxy) is 2. The molecular formula is C20H27N3O4S. The van der Waals surface area contributed by atoms with Gasteiger partial charge in [0.15, 0.2) is 15.8 Å². The number of nitrogens with one attached hydrogen (secondary N) is 1. The van der Waals surface area contributed by atoms with Crippen molar-refractivity contribution in [2.24, 2.45) is 4.99 Å². The fourth-order valence-corrected chi connectivity index (χ4v) is 3.36. The Morgan fingerprint density at radius 3 is 2.32 bits per heavy atom. The SMILES string of the molecule is CN=C(NCc1ccc(S(C)(=O)=O)cc1)N(C)Cc1ccc(OC)cc1OC. The molecule has 0 amide bonds. The van der Waals surface area contributed by atoms with E-state index in [1.54, 1.807) is 45.5 Å². The number of aliphatic imine (C=N–C) groups is 1. The average molecular weight is 406 g/mol. The van der Waals surface area contributed by atoms with Crippen molar-refractivity contribution < 1.29 is 17.9 Å². The fourth-order valence-electron chi connectivity index (χ4n) is 2.73. The first-order valence-electron chi connectivity index (χ1n) is 8.70. The van der Waals surface area contributed by atoms with Crippen LogP contribution in [0.4, 0.5) is 0 Å². The highest BCUT2D eigenvalue weighted by atomic mass is 32.2. The van der Waals surface area contributed by atoms with E-state index in [9.17, 15) is 8.42 Å². The molecule has 0 heterocycles. The van der Waals surface area contributed by atoms with E-state index in [1.807, 2.05) is 30.1 Å². The monoisotopic (exact) mass is 405 g/mol. The van der Waals surface area contributed by atoms with Gasteiger partial charge in [-0.25, -0.2) is 8.42 Å². The Kier molecular flexibility index (Phi) is 7.28. The predicted molar refractivity (Wildman–Crippen MR) is 111 cm³/mol. The minimum atomic E-state index is -3.19. The summed E-state index contributed by atoms with van der Waals surface area (Å²) in [6.45, 7) is 1.13. The minimum absolute atomic E-state index is 0.310. The van der Waals surface area contributed by atoms with Gasteiger partial charge in [0.05, 0.1) is 19.1 Å². The molecule has 0 atom stereocenters. The maximum absolute atomic E-state index is 11.6.